The number of hydrogen-bond donors (Lipinski definition) is 2. The molecule has 1 aliphatic carbocycles. The highest BCUT2D eigenvalue weighted by atomic mass is 19.4. The summed E-state index contributed by atoms with van der Waals surface area (Å²) >= 11 is 0. The van der Waals surface area contributed by atoms with E-state index in [1.54, 1.807) is 31.3 Å². The number of allylic oxidation sites excluding steroid dienone is 1. The summed E-state index contributed by atoms with van der Waals surface area (Å²) in [6.45, 7) is 0.0766. The Labute approximate surface area is 187 Å². The molecule has 10 heteroatoms. The second kappa shape index (κ2) is 7.99. The van der Waals surface area contributed by atoms with Gasteiger partial charge < -0.3 is 15.6 Å². The summed E-state index contributed by atoms with van der Waals surface area (Å²) < 4.78 is 54.0. The molecule has 2 heterocycles. The van der Waals surface area contributed by atoms with Gasteiger partial charge in [0.25, 0.3) is 5.91 Å². The third kappa shape index (κ3) is 3.95. The summed E-state index contributed by atoms with van der Waals surface area (Å²) in [5, 5.41) is 19.6. The van der Waals surface area contributed by atoms with Crippen molar-refractivity contribution in [3.63, 3.8) is 0 Å². The van der Waals surface area contributed by atoms with E-state index < -0.39 is 23.1 Å². The maximum atomic E-state index is 14.4. The van der Waals surface area contributed by atoms with Crippen molar-refractivity contribution in [3.8, 4) is 17.3 Å². The number of pyridine rings is 1. The second-order valence-corrected chi connectivity index (χ2v) is 8.26. The van der Waals surface area contributed by atoms with Crippen LogP contribution < -0.4 is 5.32 Å². The number of aromatic nitrogens is 1. The molecule has 170 valence electrons. The van der Waals surface area contributed by atoms with Crippen LogP contribution in [0.3, 0.4) is 0 Å². The van der Waals surface area contributed by atoms with Gasteiger partial charge in [-0.3, -0.25) is 4.79 Å². The first-order chi connectivity index (χ1) is 15.6. The summed E-state index contributed by atoms with van der Waals surface area (Å²) in [4.78, 5) is 18.0. The van der Waals surface area contributed by atoms with Crippen LogP contribution >= 0.6 is 0 Å². The molecular formula is C23H19F4N5O. The number of nitrogens with zero attached hydrogens (tertiary/aromatic N) is 3. The number of nitrogens with one attached hydrogen (secondary N) is 2. The number of amides is 1. The molecule has 0 saturated heterocycles. The molecule has 2 aliphatic rings. The summed E-state index contributed by atoms with van der Waals surface area (Å²) in [5.41, 5.74) is -0.236. The fraction of sp³-hybridized carbons (Fsp3) is 0.304. The Bertz CT molecular complexity index is 1220. The lowest BCUT2D eigenvalue weighted by Gasteiger charge is -2.19. The van der Waals surface area contributed by atoms with E-state index in [-0.39, 0.29) is 42.1 Å². The number of rotatable bonds is 6. The summed E-state index contributed by atoms with van der Waals surface area (Å²) in [7, 11) is 1.66. The van der Waals surface area contributed by atoms with Gasteiger partial charge in [0.1, 0.15) is 6.07 Å². The third-order valence-corrected chi connectivity index (χ3v) is 6.07. The predicted molar refractivity (Wildman–Crippen MR) is 113 cm³/mol. The van der Waals surface area contributed by atoms with Crippen LogP contribution in [0.5, 0.6) is 0 Å². The van der Waals surface area contributed by atoms with Crippen LogP contribution in [0.2, 0.25) is 0 Å². The third-order valence-electron chi connectivity index (χ3n) is 6.07. The molecular weight excluding hydrogens is 438 g/mol. The predicted octanol–water partition coefficient (Wildman–Crippen LogP) is 4.27. The number of carbonyl (C=O) groups excluding carboxylic acids is 1. The molecule has 2 N–H and O–H groups in total. The number of carbonyl (C=O) groups is 1. The quantitative estimate of drug-likeness (QED) is 0.501. The number of alkyl halides is 3. The monoisotopic (exact) mass is 457 g/mol. The maximum absolute atomic E-state index is 14.4. The molecule has 6 nitrogen and oxygen atoms in total. The van der Waals surface area contributed by atoms with E-state index in [1.165, 1.54) is 11.1 Å². The van der Waals surface area contributed by atoms with Crippen LogP contribution in [0.1, 0.15) is 40.0 Å². The van der Waals surface area contributed by atoms with Gasteiger partial charge in [0, 0.05) is 54.8 Å². The molecule has 0 atom stereocenters. The Morgan fingerprint density at radius 3 is 2.70 bits per heavy atom. The fourth-order valence-electron chi connectivity index (χ4n) is 3.87. The van der Waals surface area contributed by atoms with Gasteiger partial charge in [-0.05, 0) is 30.5 Å². The summed E-state index contributed by atoms with van der Waals surface area (Å²) in [6, 6.07) is 7.69. The van der Waals surface area contributed by atoms with Gasteiger partial charge in [0.2, 0.25) is 0 Å². The summed E-state index contributed by atoms with van der Waals surface area (Å²) in [6.07, 6.45) is -2.20. The Balaban J connectivity index is 1.74. The lowest BCUT2D eigenvalue weighted by molar-refractivity contribution is -0.184. The van der Waals surface area contributed by atoms with Crippen molar-refractivity contribution in [2.45, 2.75) is 25.6 Å². The largest absolute Gasteiger partial charge is 0.396 e. The molecule has 2 aromatic rings. The van der Waals surface area contributed by atoms with Crippen molar-refractivity contribution in [1.82, 2.24) is 15.2 Å². The van der Waals surface area contributed by atoms with E-state index in [1.807, 2.05) is 0 Å². The zero-order valence-corrected chi connectivity index (χ0v) is 17.6. The lowest BCUT2D eigenvalue weighted by Crippen LogP contribution is -2.33. The van der Waals surface area contributed by atoms with Crippen molar-refractivity contribution in [2.75, 3.05) is 13.6 Å². The van der Waals surface area contributed by atoms with Gasteiger partial charge in [-0.1, -0.05) is 12.1 Å². The topological polar surface area (TPSA) is 92.9 Å². The van der Waals surface area contributed by atoms with Gasteiger partial charge in [0.15, 0.2) is 11.5 Å². The molecule has 0 radical (unpaired) electrons. The van der Waals surface area contributed by atoms with E-state index in [0.717, 1.165) is 17.8 Å². The van der Waals surface area contributed by atoms with Crippen LogP contribution in [0, 0.1) is 28.0 Å². The van der Waals surface area contributed by atoms with E-state index in [9.17, 15) is 27.6 Å². The standard InChI is InChI=1S/C23H19F4N5O/c1-32-11-14-3-2-13(6-17(14)21(32)33)20-16(7-18(24)19(9-29)31-20)15(8-28)10-30-12-22(4-5-22)23(25,26)27/h2-3,6-8,10,28,30H,4-5,11-12H2,1H3/b15-10+,28-8?. The Morgan fingerprint density at radius 1 is 1.36 bits per heavy atom. The molecule has 1 aliphatic heterocycles. The maximum Gasteiger partial charge on any atom is 0.396 e. The smallest absolute Gasteiger partial charge is 0.389 e. The second-order valence-electron chi connectivity index (χ2n) is 8.26. The van der Waals surface area contributed by atoms with Crippen molar-refractivity contribution in [1.29, 1.82) is 10.7 Å². The highest BCUT2D eigenvalue weighted by Crippen LogP contribution is 2.57. The SMILES string of the molecule is CN1Cc2ccc(-c3nc(C#N)c(F)cc3/C(C=N)=C/NCC3(C(F)(F)F)CC3)cc2C1=O. The molecule has 33 heavy (non-hydrogen) atoms. The number of benzene rings is 1. The number of hydrogen-bond acceptors (Lipinski definition) is 5. The van der Waals surface area contributed by atoms with Gasteiger partial charge in [0.05, 0.1) is 11.1 Å². The van der Waals surface area contributed by atoms with Gasteiger partial charge in [-0.25, -0.2) is 9.37 Å². The highest BCUT2D eigenvalue weighted by Gasteiger charge is 2.62. The molecule has 0 spiro atoms. The highest BCUT2D eigenvalue weighted by molar-refractivity contribution is 6.10. The molecule has 1 aromatic carbocycles. The Morgan fingerprint density at radius 2 is 2.09 bits per heavy atom. The minimum Gasteiger partial charge on any atom is -0.389 e. The van der Waals surface area contributed by atoms with Gasteiger partial charge in [-0.2, -0.15) is 18.4 Å². The minimum atomic E-state index is -4.34. The minimum absolute atomic E-state index is 0.0210. The Kier molecular flexibility index (Phi) is 5.44. The molecule has 0 bridgehead atoms. The molecule has 0 unspecified atom stereocenters. The molecule has 4 rings (SSSR count). The number of fused-ring (bicyclic) bond motifs is 1. The van der Waals surface area contributed by atoms with Crippen LogP contribution in [-0.4, -0.2) is 41.8 Å². The van der Waals surface area contributed by atoms with Crippen LogP contribution in [0.25, 0.3) is 16.8 Å². The zero-order valence-electron chi connectivity index (χ0n) is 17.6. The van der Waals surface area contributed by atoms with Crippen LogP contribution in [0.15, 0.2) is 30.5 Å². The normalized spacial score (nSPS) is 16.9. The van der Waals surface area contributed by atoms with E-state index in [4.69, 9.17) is 5.41 Å². The van der Waals surface area contributed by atoms with Crippen molar-refractivity contribution in [2.24, 2.45) is 5.41 Å². The number of nitriles is 1. The first kappa shape index (κ1) is 22.5. The van der Waals surface area contributed by atoms with Crippen molar-refractivity contribution < 1.29 is 22.4 Å². The van der Waals surface area contributed by atoms with Gasteiger partial charge >= 0.3 is 6.18 Å². The lowest BCUT2D eigenvalue weighted by atomic mass is 9.97. The average Bonchev–Trinajstić information content (AvgIpc) is 3.52. The molecule has 1 amide bonds. The van der Waals surface area contributed by atoms with E-state index >= 15 is 0 Å². The zero-order chi connectivity index (χ0) is 24.0. The van der Waals surface area contributed by atoms with Crippen LogP contribution in [-0.2, 0) is 6.54 Å². The van der Waals surface area contributed by atoms with Gasteiger partial charge in [-0.15, -0.1) is 0 Å². The van der Waals surface area contributed by atoms with E-state index in [0.29, 0.717) is 17.7 Å². The fourth-order valence-corrected chi connectivity index (χ4v) is 3.87. The average molecular weight is 457 g/mol. The first-order valence-electron chi connectivity index (χ1n) is 10.1. The molecule has 1 aromatic heterocycles. The van der Waals surface area contributed by atoms with Crippen molar-refractivity contribution >= 4 is 17.7 Å². The molecule has 1 fully saturated rings. The number of halogens is 4. The van der Waals surface area contributed by atoms with Crippen LogP contribution in [0.4, 0.5) is 17.6 Å². The van der Waals surface area contributed by atoms with E-state index in [2.05, 4.69) is 10.3 Å². The summed E-state index contributed by atoms with van der Waals surface area (Å²) in [5.74, 6) is -1.11. The Hall–Kier alpha value is -3.74. The first-order valence-corrected chi connectivity index (χ1v) is 10.1. The van der Waals surface area contributed by atoms with Crippen molar-refractivity contribution in [3.05, 3.63) is 58.7 Å². The molecule has 1 saturated carbocycles.